The number of unbranched alkanes of at least 4 members (excludes halogenated alkanes) is 43. The molecule has 1 amide bonds. The second-order valence-corrected chi connectivity index (χ2v) is 19.2. The van der Waals surface area contributed by atoms with Gasteiger partial charge in [0.25, 0.3) is 0 Å². The lowest BCUT2D eigenvalue weighted by atomic mass is 10.0. The lowest BCUT2D eigenvalue weighted by Gasteiger charge is -2.23. The van der Waals surface area contributed by atoms with E-state index < -0.39 is 24.2 Å². The summed E-state index contributed by atoms with van der Waals surface area (Å²) in [4.78, 5) is 12.5. The molecule has 0 fully saturated rings. The molecule has 0 heterocycles. The first-order valence-corrected chi connectivity index (χ1v) is 27.3. The number of nitrogens with one attached hydrogen (secondary N) is 1. The third-order valence-electron chi connectivity index (χ3n) is 13.2. The van der Waals surface area contributed by atoms with Crippen LogP contribution in [0.25, 0.3) is 0 Å². The van der Waals surface area contributed by atoms with Crippen LogP contribution in [-0.4, -0.2) is 46.1 Å². The van der Waals surface area contributed by atoms with Gasteiger partial charge in [0.05, 0.1) is 18.8 Å². The molecular formula is C54H109NO4. The van der Waals surface area contributed by atoms with E-state index in [1.54, 1.807) is 0 Å². The zero-order valence-corrected chi connectivity index (χ0v) is 40.4. The number of aliphatic hydroxyl groups is 3. The van der Waals surface area contributed by atoms with Crippen LogP contribution in [0.1, 0.15) is 316 Å². The van der Waals surface area contributed by atoms with Crippen LogP contribution in [0.4, 0.5) is 0 Å². The van der Waals surface area contributed by atoms with Crippen molar-refractivity contribution in [3.05, 3.63) is 0 Å². The number of carbonyl (C=O) groups excluding carboxylic acids is 1. The molecule has 0 saturated carbocycles. The fourth-order valence-electron chi connectivity index (χ4n) is 8.96. The highest BCUT2D eigenvalue weighted by Gasteiger charge is 2.23. The summed E-state index contributed by atoms with van der Waals surface area (Å²) in [6.45, 7) is 4.23. The molecule has 354 valence electrons. The van der Waals surface area contributed by atoms with Gasteiger partial charge in [0.2, 0.25) is 5.91 Å². The summed E-state index contributed by atoms with van der Waals surface area (Å²) in [6, 6.07) is -0.705. The van der Waals surface area contributed by atoms with E-state index in [0.717, 1.165) is 32.1 Å². The number of carbonyl (C=O) groups is 1. The molecule has 0 radical (unpaired) electrons. The van der Waals surface area contributed by atoms with E-state index in [1.807, 2.05) is 0 Å². The smallest absolute Gasteiger partial charge is 0.249 e. The third kappa shape index (κ3) is 45.2. The van der Waals surface area contributed by atoms with Crippen molar-refractivity contribution in [2.75, 3.05) is 6.61 Å². The van der Waals surface area contributed by atoms with Gasteiger partial charge < -0.3 is 20.6 Å². The predicted octanol–water partition coefficient (Wildman–Crippen LogP) is 16.6. The zero-order valence-electron chi connectivity index (χ0n) is 40.4. The average Bonchev–Trinajstić information content (AvgIpc) is 3.24. The molecule has 3 atom stereocenters. The number of hydrogen-bond donors (Lipinski definition) is 4. The standard InChI is InChI=1S/C54H109NO4/c1-3-5-7-9-11-13-14-15-16-17-18-19-20-21-22-23-24-25-26-27-28-29-30-31-32-33-34-35-36-37-38-39-41-43-45-47-49-53(58)54(59)55-51(50-56)52(57)48-46-44-42-40-12-10-8-6-4-2/h51-53,56-58H,3-50H2,1-2H3,(H,55,59). The van der Waals surface area contributed by atoms with E-state index >= 15 is 0 Å². The number of hydrogen-bond acceptors (Lipinski definition) is 4. The van der Waals surface area contributed by atoms with Crippen molar-refractivity contribution in [3.8, 4) is 0 Å². The molecule has 0 bridgehead atoms. The molecule has 0 aromatic rings. The van der Waals surface area contributed by atoms with E-state index in [-0.39, 0.29) is 6.61 Å². The van der Waals surface area contributed by atoms with Crippen LogP contribution in [0, 0.1) is 0 Å². The molecule has 0 aliphatic heterocycles. The molecule has 5 heteroatoms. The number of aliphatic hydroxyl groups excluding tert-OH is 3. The van der Waals surface area contributed by atoms with E-state index in [0.29, 0.717) is 12.8 Å². The van der Waals surface area contributed by atoms with Crippen LogP contribution in [0.5, 0.6) is 0 Å². The fraction of sp³-hybridized carbons (Fsp3) is 0.981. The van der Waals surface area contributed by atoms with Gasteiger partial charge in [-0.25, -0.2) is 0 Å². The lowest BCUT2D eigenvalue weighted by Crippen LogP contribution is -2.49. The number of rotatable bonds is 51. The van der Waals surface area contributed by atoms with Gasteiger partial charge in [-0.05, 0) is 12.8 Å². The Morgan fingerprint density at radius 3 is 0.763 bits per heavy atom. The summed E-state index contributed by atoms with van der Waals surface area (Å²) in [6.07, 6.45) is 60.4. The Hall–Kier alpha value is -0.650. The fourth-order valence-corrected chi connectivity index (χ4v) is 8.96. The van der Waals surface area contributed by atoms with Crippen LogP contribution in [0.15, 0.2) is 0 Å². The first-order valence-electron chi connectivity index (χ1n) is 27.3. The van der Waals surface area contributed by atoms with Crippen molar-refractivity contribution < 1.29 is 20.1 Å². The minimum absolute atomic E-state index is 0.309. The summed E-state index contributed by atoms with van der Waals surface area (Å²) in [5.41, 5.74) is 0. The van der Waals surface area contributed by atoms with Crippen molar-refractivity contribution in [2.24, 2.45) is 0 Å². The van der Waals surface area contributed by atoms with Crippen molar-refractivity contribution in [2.45, 2.75) is 334 Å². The van der Waals surface area contributed by atoms with Crippen LogP contribution in [0.3, 0.4) is 0 Å². The van der Waals surface area contributed by atoms with E-state index in [2.05, 4.69) is 19.2 Å². The Bertz CT molecular complexity index is 792. The van der Waals surface area contributed by atoms with Crippen molar-refractivity contribution in [1.29, 1.82) is 0 Å². The predicted molar refractivity (Wildman–Crippen MR) is 259 cm³/mol. The van der Waals surface area contributed by atoms with Gasteiger partial charge in [-0.3, -0.25) is 4.79 Å². The first-order chi connectivity index (χ1) is 29.1. The number of amides is 1. The minimum atomic E-state index is -1.07. The molecule has 3 unspecified atom stereocenters. The topological polar surface area (TPSA) is 89.8 Å². The maximum absolute atomic E-state index is 12.5. The molecular weight excluding hydrogens is 727 g/mol. The monoisotopic (exact) mass is 836 g/mol. The zero-order chi connectivity index (χ0) is 43.0. The largest absolute Gasteiger partial charge is 0.394 e. The Kier molecular flexibility index (Phi) is 49.4. The first kappa shape index (κ1) is 58.4. The third-order valence-corrected chi connectivity index (χ3v) is 13.2. The van der Waals surface area contributed by atoms with Crippen molar-refractivity contribution in [3.63, 3.8) is 0 Å². The van der Waals surface area contributed by atoms with Gasteiger partial charge >= 0.3 is 0 Å². The Morgan fingerprint density at radius 2 is 0.542 bits per heavy atom. The van der Waals surface area contributed by atoms with Crippen LogP contribution >= 0.6 is 0 Å². The van der Waals surface area contributed by atoms with E-state index in [9.17, 15) is 20.1 Å². The maximum Gasteiger partial charge on any atom is 0.249 e. The Labute approximate surface area is 370 Å². The molecule has 0 saturated heterocycles. The summed E-state index contributed by atoms with van der Waals surface area (Å²) in [7, 11) is 0. The van der Waals surface area contributed by atoms with Gasteiger partial charge in [-0.1, -0.05) is 303 Å². The molecule has 0 aliphatic carbocycles. The molecule has 5 nitrogen and oxygen atoms in total. The van der Waals surface area contributed by atoms with Crippen LogP contribution < -0.4 is 5.32 Å². The SMILES string of the molecule is CCCCCCCCCCCCCCCCCCCCCCCCCCCCCCCCCCCCCCC(O)C(=O)NC(CO)C(O)CCCCCCCCCCC. The second kappa shape index (κ2) is 50.0. The second-order valence-electron chi connectivity index (χ2n) is 19.2. The molecule has 0 spiro atoms. The summed E-state index contributed by atoms with van der Waals surface area (Å²) in [5.74, 6) is -0.466. The summed E-state index contributed by atoms with van der Waals surface area (Å²) < 4.78 is 0. The summed E-state index contributed by atoms with van der Waals surface area (Å²) in [5, 5.41) is 33.2. The quantitative estimate of drug-likeness (QED) is 0.0460. The van der Waals surface area contributed by atoms with Gasteiger partial charge in [0, 0.05) is 0 Å². The Balaban J connectivity index is 3.36. The van der Waals surface area contributed by atoms with E-state index in [1.165, 1.54) is 257 Å². The van der Waals surface area contributed by atoms with Gasteiger partial charge in [0.15, 0.2) is 0 Å². The summed E-state index contributed by atoms with van der Waals surface area (Å²) >= 11 is 0. The van der Waals surface area contributed by atoms with Gasteiger partial charge in [-0.15, -0.1) is 0 Å². The van der Waals surface area contributed by atoms with Gasteiger partial charge in [0.1, 0.15) is 6.10 Å². The Morgan fingerprint density at radius 1 is 0.339 bits per heavy atom. The molecule has 0 aromatic carbocycles. The van der Waals surface area contributed by atoms with Crippen LogP contribution in [-0.2, 0) is 4.79 Å². The molecule has 0 aliphatic rings. The van der Waals surface area contributed by atoms with Crippen molar-refractivity contribution >= 4 is 5.91 Å². The lowest BCUT2D eigenvalue weighted by molar-refractivity contribution is -0.131. The van der Waals surface area contributed by atoms with E-state index in [4.69, 9.17) is 0 Å². The molecule has 4 N–H and O–H groups in total. The maximum atomic E-state index is 12.5. The highest BCUT2D eigenvalue weighted by Crippen LogP contribution is 2.18. The highest BCUT2D eigenvalue weighted by atomic mass is 16.3. The highest BCUT2D eigenvalue weighted by molar-refractivity contribution is 5.80. The normalized spacial score (nSPS) is 13.2. The van der Waals surface area contributed by atoms with Gasteiger partial charge in [-0.2, -0.15) is 0 Å². The minimum Gasteiger partial charge on any atom is -0.394 e. The molecule has 0 aromatic heterocycles. The molecule has 59 heavy (non-hydrogen) atoms. The van der Waals surface area contributed by atoms with Crippen molar-refractivity contribution in [1.82, 2.24) is 5.32 Å². The molecule has 0 rings (SSSR count). The van der Waals surface area contributed by atoms with Crippen LogP contribution in [0.2, 0.25) is 0 Å². The average molecular weight is 836 g/mol.